The third-order valence-corrected chi connectivity index (χ3v) is 6.82. The Morgan fingerprint density at radius 3 is 2.30 bits per heavy atom. The van der Waals surface area contributed by atoms with Crippen molar-refractivity contribution >= 4 is 11.9 Å². The first-order chi connectivity index (χ1) is 17.4. The van der Waals surface area contributed by atoms with Crippen molar-refractivity contribution in [2.45, 2.75) is 77.9 Å². The van der Waals surface area contributed by atoms with Crippen molar-refractivity contribution in [3.63, 3.8) is 0 Å². The predicted octanol–water partition coefficient (Wildman–Crippen LogP) is 5.01. The van der Waals surface area contributed by atoms with Crippen LogP contribution in [0.1, 0.15) is 81.3 Å². The zero-order valence-corrected chi connectivity index (χ0v) is 22.8. The molecule has 0 spiro atoms. The predicted molar refractivity (Wildman–Crippen MR) is 145 cm³/mol. The fourth-order valence-corrected chi connectivity index (χ4v) is 4.75. The fourth-order valence-electron chi connectivity index (χ4n) is 4.75. The third kappa shape index (κ3) is 8.22. The topological polar surface area (TPSA) is 99.1 Å². The molecule has 1 saturated heterocycles. The molecule has 1 aliphatic heterocycles. The molecule has 1 atom stereocenters. The number of carbonyl (C=O) groups excluding carboxylic acids is 2. The average molecular weight is 511 g/mol. The summed E-state index contributed by atoms with van der Waals surface area (Å²) in [6.45, 7) is 11.4. The van der Waals surface area contributed by atoms with E-state index in [1.165, 1.54) is 6.07 Å². The summed E-state index contributed by atoms with van der Waals surface area (Å²) < 4.78 is 5.66. The molecule has 0 bridgehead atoms. The van der Waals surface area contributed by atoms with Crippen LogP contribution in [0.15, 0.2) is 42.5 Å². The van der Waals surface area contributed by atoms with Crippen molar-refractivity contribution in [1.29, 1.82) is 0 Å². The van der Waals surface area contributed by atoms with E-state index in [0.717, 1.165) is 24.8 Å². The first-order valence-corrected chi connectivity index (χ1v) is 13.3. The molecule has 1 aliphatic rings. The number of hydrogen-bond donors (Lipinski definition) is 3. The van der Waals surface area contributed by atoms with E-state index in [1.807, 2.05) is 65.0 Å². The molecule has 7 heteroatoms. The molecule has 0 radical (unpaired) electrons. The summed E-state index contributed by atoms with van der Waals surface area (Å²) in [6, 6.07) is 12.4. The first-order valence-electron chi connectivity index (χ1n) is 13.3. The Morgan fingerprint density at radius 2 is 1.70 bits per heavy atom. The Kier molecular flexibility index (Phi) is 9.60. The van der Waals surface area contributed by atoms with E-state index in [9.17, 15) is 19.8 Å². The lowest BCUT2D eigenvalue weighted by molar-refractivity contribution is -0.157. The van der Waals surface area contributed by atoms with Crippen LogP contribution in [0, 0.1) is 5.92 Å². The van der Waals surface area contributed by atoms with Gasteiger partial charge < -0.3 is 25.2 Å². The Bertz CT molecular complexity index is 1050. The molecule has 0 aliphatic carbocycles. The van der Waals surface area contributed by atoms with Crippen LogP contribution in [-0.2, 0) is 16.0 Å². The summed E-state index contributed by atoms with van der Waals surface area (Å²) in [5, 5.41) is 23.8. The Hall–Kier alpha value is -3.06. The van der Waals surface area contributed by atoms with Crippen molar-refractivity contribution < 1.29 is 24.5 Å². The minimum Gasteiger partial charge on any atom is -0.508 e. The van der Waals surface area contributed by atoms with Crippen molar-refractivity contribution in [2.24, 2.45) is 5.92 Å². The minimum absolute atomic E-state index is 0.00667. The van der Waals surface area contributed by atoms with E-state index in [2.05, 4.69) is 5.32 Å². The lowest BCUT2D eigenvalue weighted by atomic mass is 9.92. The van der Waals surface area contributed by atoms with Crippen molar-refractivity contribution in [3.8, 4) is 11.5 Å². The Balaban J connectivity index is 1.53. The zero-order chi connectivity index (χ0) is 27.2. The van der Waals surface area contributed by atoms with Crippen LogP contribution in [0.3, 0.4) is 0 Å². The van der Waals surface area contributed by atoms with Gasteiger partial charge in [0.05, 0.1) is 5.56 Å². The molecule has 202 valence electrons. The summed E-state index contributed by atoms with van der Waals surface area (Å²) in [7, 11) is 0. The fraction of sp³-hybridized carbons (Fsp3) is 0.533. The lowest BCUT2D eigenvalue weighted by Gasteiger charge is -2.33. The quantitative estimate of drug-likeness (QED) is 0.411. The van der Waals surface area contributed by atoms with Gasteiger partial charge in [0.15, 0.2) is 0 Å². The van der Waals surface area contributed by atoms with E-state index in [-0.39, 0.29) is 34.9 Å². The molecule has 1 heterocycles. The van der Waals surface area contributed by atoms with Crippen molar-refractivity contribution in [1.82, 2.24) is 10.2 Å². The zero-order valence-electron chi connectivity index (χ0n) is 22.8. The smallest absolute Gasteiger partial charge is 0.323 e. The van der Waals surface area contributed by atoms with Crippen LogP contribution in [-0.4, -0.2) is 58.3 Å². The van der Waals surface area contributed by atoms with E-state index in [0.29, 0.717) is 37.5 Å². The Labute approximate surface area is 220 Å². The SMILES string of the molecule is CC(C)c1cc(C(=O)N2CCC(CCN[C@@H](Cc3ccccc3)C(=O)OC(C)(C)C)CC2)c(O)cc1O. The number of phenolic OH excluding ortho intramolecular Hbond substituents is 2. The lowest BCUT2D eigenvalue weighted by Crippen LogP contribution is -2.44. The number of benzene rings is 2. The van der Waals surface area contributed by atoms with Gasteiger partial charge in [-0.1, -0.05) is 44.2 Å². The van der Waals surface area contributed by atoms with Gasteiger partial charge in [0.25, 0.3) is 5.91 Å². The average Bonchev–Trinajstić information content (AvgIpc) is 2.83. The molecular weight excluding hydrogens is 468 g/mol. The second-order valence-corrected chi connectivity index (χ2v) is 11.3. The van der Waals surface area contributed by atoms with Gasteiger partial charge in [0.1, 0.15) is 23.1 Å². The Morgan fingerprint density at radius 1 is 1.05 bits per heavy atom. The molecule has 0 aromatic heterocycles. The monoisotopic (exact) mass is 510 g/mol. The van der Waals surface area contributed by atoms with Crippen molar-refractivity contribution in [2.75, 3.05) is 19.6 Å². The summed E-state index contributed by atoms with van der Waals surface area (Å²) in [6.07, 6.45) is 3.19. The highest BCUT2D eigenvalue weighted by Crippen LogP contribution is 2.33. The number of nitrogens with one attached hydrogen (secondary N) is 1. The minimum atomic E-state index is -0.547. The molecule has 3 N–H and O–H groups in total. The normalized spacial score (nSPS) is 15.6. The molecule has 1 fully saturated rings. The van der Waals surface area contributed by atoms with Gasteiger partial charge in [0.2, 0.25) is 0 Å². The van der Waals surface area contributed by atoms with Gasteiger partial charge in [-0.2, -0.15) is 0 Å². The summed E-state index contributed by atoms with van der Waals surface area (Å²) in [4.78, 5) is 27.7. The maximum Gasteiger partial charge on any atom is 0.323 e. The number of rotatable bonds is 9. The van der Waals surface area contributed by atoms with E-state index in [1.54, 1.807) is 11.0 Å². The maximum absolute atomic E-state index is 13.1. The maximum atomic E-state index is 13.1. The van der Waals surface area contributed by atoms with Gasteiger partial charge in [-0.15, -0.1) is 0 Å². The third-order valence-electron chi connectivity index (χ3n) is 6.82. The van der Waals surface area contributed by atoms with E-state index < -0.39 is 11.6 Å². The largest absolute Gasteiger partial charge is 0.508 e. The number of hydrogen-bond acceptors (Lipinski definition) is 6. The number of piperidine rings is 1. The molecule has 0 saturated carbocycles. The number of likely N-dealkylation sites (tertiary alicyclic amines) is 1. The molecule has 0 unspecified atom stereocenters. The van der Waals surface area contributed by atoms with Crippen LogP contribution in [0.25, 0.3) is 0 Å². The number of carbonyl (C=O) groups is 2. The van der Waals surface area contributed by atoms with Crippen molar-refractivity contribution in [3.05, 3.63) is 59.2 Å². The van der Waals surface area contributed by atoms with E-state index >= 15 is 0 Å². The molecule has 3 rings (SSSR count). The summed E-state index contributed by atoms with van der Waals surface area (Å²) in [5.41, 5.74) is 1.42. The van der Waals surface area contributed by atoms with Gasteiger partial charge in [-0.25, -0.2) is 0 Å². The second-order valence-electron chi connectivity index (χ2n) is 11.3. The summed E-state index contributed by atoms with van der Waals surface area (Å²) >= 11 is 0. The number of amides is 1. The first kappa shape index (κ1) is 28.5. The second kappa shape index (κ2) is 12.5. The van der Waals surface area contributed by atoms with Crippen LogP contribution in [0.4, 0.5) is 0 Å². The van der Waals surface area contributed by atoms with Crippen LogP contribution >= 0.6 is 0 Å². The van der Waals surface area contributed by atoms with Crippen LogP contribution in [0.5, 0.6) is 11.5 Å². The van der Waals surface area contributed by atoms with Gasteiger partial charge >= 0.3 is 5.97 Å². The summed E-state index contributed by atoms with van der Waals surface area (Å²) in [5.74, 6) is -0.156. The number of esters is 1. The highest BCUT2D eigenvalue weighted by atomic mass is 16.6. The molecule has 2 aromatic rings. The van der Waals surface area contributed by atoms with Gasteiger partial charge in [-0.3, -0.25) is 9.59 Å². The van der Waals surface area contributed by atoms with Crippen LogP contribution in [0.2, 0.25) is 0 Å². The number of phenols is 2. The van der Waals surface area contributed by atoms with Crippen LogP contribution < -0.4 is 5.32 Å². The molecular formula is C30H42N2O5. The number of ether oxygens (including phenoxy) is 1. The molecule has 37 heavy (non-hydrogen) atoms. The van der Waals surface area contributed by atoms with Gasteiger partial charge in [-0.05, 0) is 82.0 Å². The highest BCUT2D eigenvalue weighted by Gasteiger charge is 2.28. The number of nitrogens with zero attached hydrogens (tertiary/aromatic N) is 1. The molecule has 2 aromatic carbocycles. The van der Waals surface area contributed by atoms with E-state index in [4.69, 9.17) is 4.74 Å². The molecule has 1 amide bonds. The standard InChI is InChI=1S/C30H42N2O5/c1-20(2)23-18-24(27(34)19-26(23)33)28(35)32-15-12-21(13-16-32)11-14-31-25(29(36)37-30(3,4)5)17-22-9-7-6-8-10-22/h6-10,18-21,25,31,33-34H,11-17H2,1-5H3/t25-/m0/s1. The van der Waals surface area contributed by atoms with Gasteiger partial charge in [0, 0.05) is 19.2 Å². The highest BCUT2D eigenvalue weighted by molar-refractivity contribution is 5.97. The number of aromatic hydroxyl groups is 2. The molecule has 7 nitrogen and oxygen atoms in total.